The number of ether oxygens (including phenoxy) is 2. The van der Waals surface area contributed by atoms with Gasteiger partial charge in [-0.2, -0.15) is 0 Å². The van der Waals surface area contributed by atoms with Crippen LogP contribution in [0.15, 0.2) is 50.2 Å². The third kappa shape index (κ3) is 4.08. The molecule has 0 atom stereocenters. The Labute approximate surface area is 154 Å². The molecular formula is C20H18O7. The van der Waals surface area contributed by atoms with E-state index in [1.807, 2.05) is 0 Å². The molecule has 0 aliphatic carbocycles. The molecule has 0 N–H and O–H groups in total. The van der Waals surface area contributed by atoms with E-state index >= 15 is 0 Å². The maximum atomic E-state index is 12.3. The van der Waals surface area contributed by atoms with Gasteiger partial charge in [-0.3, -0.25) is 4.79 Å². The van der Waals surface area contributed by atoms with Crippen LogP contribution in [0, 0.1) is 6.92 Å². The van der Waals surface area contributed by atoms with Crippen molar-refractivity contribution in [2.45, 2.75) is 26.7 Å². The smallest absolute Gasteiger partial charge is 0.379 e. The van der Waals surface area contributed by atoms with Crippen molar-refractivity contribution in [3.63, 3.8) is 0 Å². The zero-order valence-corrected chi connectivity index (χ0v) is 14.9. The third-order valence-corrected chi connectivity index (χ3v) is 4.08. The minimum absolute atomic E-state index is 0.0713. The van der Waals surface area contributed by atoms with Crippen molar-refractivity contribution in [2.75, 3.05) is 6.61 Å². The Hall–Kier alpha value is -3.35. The van der Waals surface area contributed by atoms with E-state index in [2.05, 4.69) is 0 Å². The van der Waals surface area contributed by atoms with Crippen LogP contribution in [0.5, 0.6) is 5.75 Å². The number of hydrogen-bond donors (Lipinski definition) is 0. The highest BCUT2D eigenvalue weighted by Gasteiger charge is 2.16. The zero-order chi connectivity index (χ0) is 19.4. The summed E-state index contributed by atoms with van der Waals surface area (Å²) in [7, 11) is 0. The maximum absolute atomic E-state index is 12.3. The third-order valence-electron chi connectivity index (χ3n) is 4.08. The molecule has 3 aromatic rings. The summed E-state index contributed by atoms with van der Waals surface area (Å²) in [6, 6.07) is 7.85. The van der Waals surface area contributed by atoms with Crippen LogP contribution in [0.3, 0.4) is 0 Å². The van der Waals surface area contributed by atoms with Gasteiger partial charge in [-0.1, -0.05) is 0 Å². The van der Waals surface area contributed by atoms with Gasteiger partial charge in [-0.25, -0.2) is 9.59 Å². The summed E-state index contributed by atoms with van der Waals surface area (Å²) in [4.78, 5) is 35.8. The summed E-state index contributed by atoms with van der Waals surface area (Å²) in [6.07, 6.45) is 1.71. The van der Waals surface area contributed by atoms with Crippen molar-refractivity contribution in [1.29, 1.82) is 0 Å². The van der Waals surface area contributed by atoms with Crippen molar-refractivity contribution in [1.82, 2.24) is 0 Å². The Balaban J connectivity index is 1.85. The predicted octanol–water partition coefficient (Wildman–Crippen LogP) is 3.41. The molecule has 2 heterocycles. The number of rotatable bonds is 6. The molecule has 7 nitrogen and oxygen atoms in total. The largest absolute Gasteiger partial charge is 0.466 e. The van der Waals surface area contributed by atoms with Crippen LogP contribution in [0.25, 0.3) is 11.0 Å². The lowest BCUT2D eigenvalue weighted by Gasteiger charge is -2.09. The minimum Gasteiger partial charge on any atom is -0.466 e. The van der Waals surface area contributed by atoms with E-state index in [-0.39, 0.29) is 30.3 Å². The van der Waals surface area contributed by atoms with Crippen molar-refractivity contribution in [2.24, 2.45) is 0 Å². The maximum Gasteiger partial charge on any atom is 0.379 e. The number of carbonyl (C=O) groups excluding carboxylic acids is 2. The number of benzene rings is 1. The summed E-state index contributed by atoms with van der Waals surface area (Å²) in [6.45, 7) is 3.81. The second kappa shape index (κ2) is 7.90. The molecule has 0 fully saturated rings. The Bertz CT molecular complexity index is 1030. The Morgan fingerprint density at radius 1 is 1.19 bits per heavy atom. The van der Waals surface area contributed by atoms with Gasteiger partial charge in [-0.15, -0.1) is 0 Å². The van der Waals surface area contributed by atoms with Crippen LogP contribution in [0.2, 0.25) is 0 Å². The average molecular weight is 370 g/mol. The number of carbonyl (C=O) groups is 2. The molecule has 7 heteroatoms. The molecule has 1 aromatic carbocycles. The number of furan rings is 1. The second-order valence-electron chi connectivity index (χ2n) is 5.82. The first-order chi connectivity index (χ1) is 13.0. The van der Waals surface area contributed by atoms with E-state index in [0.29, 0.717) is 23.1 Å². The first-order valence-corrected chi connectivity index (χ1v) is 8.47. The van der Waals surface area contributed by atoms with E-state index in [4.69, 9.17) is 18.3 Å². The normalized spacial score (nSPS) is 10.7. The molecule has 0 amide bonds. The molecule has 0 bridgehead atoms. The average Bonchev–Trinajstić information content (AvgIpc) is 3.16. The van der Waals surface area contributed by atoms with E-state index in [9.17, 15) is 14.4 Å². The highest BCUT2D eigenvalue weighted by molar-refractivity contribution is 5.89. The van der Waals surface area contributed by atoms with Crippen LogP contribution in [-0.2, 0) is 16.0 Å². The van der Waals surface area contributed by atoms with E-state index in [1.165, 1.54) is 18.4 Å². The zero-order valence-electron chi connectivity index (χ0n) is 14.9. The van der Waals surface area contributed by atoms with Crippen LogP contribution in [-0.4, -0.2) is 18.5 Å². The number of esters is 2. The van der Waals surface area contributed by atoms with Crippen molar-refractivity contribution in [3.8, 4) is 5.75 Å². The Morgan fingerprint density at radius 2 is 2.00 bits per heavy atom. The minimum atomic E-state index is -0.649. The fourth-order valence-corrected chi connectivity index (χ4v) is 2.74. The van der Waals surface area contributed by atoms with Crippen LogP contribution in [0.4, 0.5) is 0 Å². The van der Waals surface area contributed by atoms with Gasteiger partial charge in [0.05, 0.1) is 12.9 Å². The molecule has 0 radical (unpaired) electrons. The van der Waals surface area contributed by atoms with Gasteiger partial charge in [0, 0.05) is 23.4 Å². The van der Waals surface area contributed by atoms with Gasteiger partial charge < -0.3 is 18.3 Å². The van der Waals surface area contributed by atoms with Gasteiger partial charge in [0.25, 0.3) is 0 Å². The highest BCUT2D eigenvalue weighted by Crippen LogP contribution is 2.25. The molecule has 3 rings (SSSR count). The van der Waals surface area contributed by atoms with Gasteiger partial charge in [0.15, 0.2) is 0 Å². The molecule has 0 unspecified atom stereocenters. The van der Waals surface area contributed by atoms with Crippen molar-refractivity contribution >= 4 is 22.9 Å². The van der Waals surface area contributed by atoms with Gasteiger partial charge >= 0.3 is 17.6 Å². The highest BCUT2D eigenvalue weighted by atomic mass is 16.5. The predicted molar refractivity (Wildman–Crippen MR) is 95.8 cm³/mol. The van der Waals surface area contributed by atoms with Crippen LogP contribution in [0.1, 0.15) is 35.0 Å². The molecule has 0 spiro atoms. The SMILES string of the molecule is CCOC(=O)CCc1c(C)c2ccc(OC(=O)c3ccco3)cc2oc1=O. The van der Waals surface area contributed by atoms with E-state index < -0.39 is 11.6 Å². The number of aryl methyl sites for hydroxylation is 1. The topological polar surface area (TPSA) is 96.0 Å². The fourth-order valence-electron chi connectivity index (χ4n) is 2.74. The van der Waals surface area contributed by atoms with Gasteiger partial charge in [0.1, 0.15) is 11.3 Å². The Kier molecular flexibility index (Phi) is 5.40. The second-order valence-corrected chi connectivity index (χ2v) is 5.82. The molecule has 0 saturated carbocycles. The quantitative estimate of drug-likeness (QED) is 0.373. The van der Waals surface area contributed by atoms with Gasteiger partial charge in [0.2, 0.25) is 5.76 Å². The number of hydrogen-bond acceptors (Lipinski definition) is 7. The molecule has 140 valence electrons. The van der Waals surface area contributed by atoms with Crippen molar-refractivity contribution < 1.29 is 27.9 Å². The van der Waals surface area contributed by atoms with Crippen molar-refractivity contribution in [3.05, 3.63) is 63.9 Å². The monoisotopic (exact) mass is 370 g/mol. The lowest BCUT2D eigenvalue weighted by molar-refractivity contribution is -0.143. The molecular weight excluding hydrogens is 352 g/mol. The molecule has 0 aliphatic rings. The van der Waals surface area contributed by atoms with E-state index in [1.54, 1.807) is 32.0 Å². The first kappa shape index (κ1) is 18.4. The lowest BCUT2D eigenvalue weighted by Crippen LogP contribution is -2.14. The van der Waals surface area contributed by atoms with E-state index in [0.717, 1.165) is 5.56 Å². The van der Waals surface area contributed by atoms with Crippen LogP contribution < -0.4 is 10.4 Å². The standard InChI is InChI=1S/C20H18O7/c1-3-24-18(21)9-8-15-12(2)14-7-6-13(11-17(14)27-19(15)22)26-20(23)16-5-4-10-25-16/h4-7,10-11H,3,8-9H2,1-2H3. The summed E-state index contributed by atoms with van der Waals surface area (Å²) >= 11 is 0. The lowest BCUT2D eigenvalue weighted by atomic mass is 10.0. The number of fused-ring (bicyclic) bond motifs is 1. The fraction of sp³-hybridized carbons (Fsp3) is 0.250. The van der Waals surface area contributed by atoms with Gasteiger partial charge in [-0.05, 0) is 50.1 Å². The van der Waals surface area contributed by atoms with Crippen LogP contribution >= 0.6 is 0 Å². The molecule has 0 saturated heterocycles. The first-order valence-electron chi connectivity index (χ1n) is 8.47. The molecule has 2 aromatic heterocycles. The summed E-state index contributed by atoms with van der Waals surface area (Å²) < 4.78 is 20.5. The summed E-state index contributed by atoms with van der Waals surface area (Å²) in [5.74, 6) is -0.714. The molecule has 0 aliphatic heterocycles. The summed E-state index contributed by atoms with van der Waals surface area (Å²) in [5.41, 5.74) is 0.909. The molecule has 27 heavy (non-hydrogen) atoms. The summed E-state index contributed by atoms with van der Waals surface area (Å²) in [5, 5.41) is 0.700. The Morgan fingerprint density at radius 3 is 2.70 bits per heavy atom.